The predicted molar refractivity (Wildman–Crippen MR) is 74.6 cm³/mol. The van der Waals surface area contributed by atoms with Gasteiger partial charge in [-0.15, -0.1) is 0 Å². The van der Waals surface area contributed by atoms with Crippen molar-refractivity contribution >= 4 is 5.91 Å². The summed E-state index contributed by atoms with van der Waals surface area (Å²) in [5.41, 5.74) is 6.02. The van der Waals surface area contributed by atoms with Crippen molar-refractivity contribution in [3.05, 3.63) is 18.2 Å². The van der Waals surface area contributed by atoms with Crippen molar-refractivity contribution in [3.63, 3.8) is 0 Å². The lowest BCUT2D eigenvalue weighted by Gasteiger charge is -2.34. The van der Waals surface area contributed by atoms with E-state index in [4.69, 9.17) is 5.73 Å². The van der Waals surface area contributed by atoms with E-state index < -0.39 is 0 Å². The van der Waals surface area contributed by atoms with Gasteiger partial charge in [0.25, 0.3) is 0 Å². The largest absolute Gasteiger partial charge is 0.348 e. The lowest BCUT2D eigenvalue weighted by atomic mass is 9.93. The molecule has 1 amide bonds. The number of nitrogens with zero attached hydrogens (tertiary/aromatic N) is 2. The fraction of sp³-hybridized carbons (Fsp3) is 0.714. The van der Waals surface area contributed by atoms with Crippen molar-refractivity contribution in [2.45, 2.75) is 45.1 Å². The number of carbonyl (C=O) groups excluding carboxylic acids is 1. The van der Waals surface area contributed by atoms with Crippen LogP contribution in [0.4, 0.5) is 0 Å². The minimum Gasteiger partial charge on any atom is -0.348 e. The zero-order valence-electron chi connectivity index (χ0n) is 11.8. The second kappa shape index (κ2) is 6.19. The highest BCUT2D eigenvalue weighted by Crippen LogP contribution is 2.26. The molecule has 19 heavy (non-hydrogen) atoms. The molecule has 3 N–H and O–H groups in total. The molecule has 0 aliphatic carbocycles. The van der Waals surface area contributed by atoms with Gasteiger partial charge in [0, 0.05) is 31.4 Å². The maximum atomic E-state index is 12.3. The maximum Gasteiger partial charge on any atom is 0.239 e. The molecule has 1 unspecified atom stereocenters. The molecule has 2 rings (SSSR count). The Morgan fingerprint density at radius 2 is 2.26 bits per heavy atom. The topological polar surface area (TPSA) is 75.0 Å². The van der Waals surface area contributed by atoms with Gasteiger partial charge < -0.3 is 15.6 Å². The van der Waals surface area contributed by atoms with Crippen molar-refractivity contribution in [2.24, 2.45) is 11.7 Å². The van der Waals surface area contributed by atoms with Crippen LogP contribution in [0.5, 0.6) is 0 Å². The molecular formula is C14H24N4O. The second-order valence-corrected chi connectivity index (χ2v) is 5.49. The lowest BCUT2D eigenvalue weighted by Crippen LogP contribution is -2.49. The van der Waals surface area contributed by atoms with Crippen LogP contribution in [0, 0.1) is 5.92 Å². The normalized spacial score (nSPS) is 20.3. The Morgan fingerprint density at radius 3 is 2.79 bits per heavy atom. The molecule has 1 aromatic rings. The van der Waals surface area contributed by atoms with Crippen molar-refractivity contribution in [2.75, 3.05) is 13.1 Å². The summed E-state index contributed by atoms with van der Waals surface area (Å²) in [6.45, 7) is 5.68. The maximum absolute atomic E-state index is 12.3. The Bertz CT molecular complexity index is 396. The number of piperidine rings is 1. The standard InChI is InChI=1S/C14H24N4O/c1-3-10(2)12(15)14(19)18-8-4-11(5-9-18)13-16-6-7-17-13/h6-7,10-12H,3-5,8-9,15H2,1-2H3,(H,16,17)/t10?,12-/m0/s1. The van der Waals surface area contributed by atoms with E-state index in [1.165, 1.54) is 0 Å². The minimum atomic E-state index is -0.356. The van der Waals surface area contributed by atoms with E-state index in [9.17, 15) is 4.79 Å². The molecule has 2 heterocycles. The number of H-pyrrole nitrogens is 1. The van der Waals surface area contributed by atoms with Crippen LogP contribution in [0.2, 0.25) is 0 Å². The summed E-state index contributed by atoms with van der Waals surface area (Å²) in [6, 6.07) is -0.356. The Morgan fingerprint density at radius 1 is 1.58 bits per heavy atom. The Hall–Kier alpha value is -1.36. The first-order valence-electron chi connectivity index (χ1n) is 7.17. The molecule has 1 saturated heterocycles. The Balaban J connectivity index is 1.87. The van der Waals surface area contributed by atoms with Gasteiger partial charge in [0.05, 0.1) is 6.04 Å². The number of carbonyl (C=O) groups is 1. The van der Waals surface area contributed by atoms with Gasteiger partial charge in [-0.1, -0.05) is 20.3 Å². The summed E-state index contributed by atoms with van der Waals surface area (Å²) < 4.78 is 0. The third kappa shape index (κ3) is 3.15. The van der Waals surface area contributed by atoms with Gasteiger partial charge in [-0.2, -0.15) is 0 Å². The van der Waals surface area contributed by atoms with Crippen LogP contribution in [-0.4, -0.2) is 39.9 Å². The highest BCUT2D eigenvalue weighted by atomic mass is 16.2. The third-order valence-electron chi connectivity index (χ3n) is 4.25. The molecule has 0 radical (unpaired) electrons. The summed E-state index contributed by atoms with van der Waals surface area (Å²) in [6.07, 6.45) is 6.51. The van der Waals surface area contributed by atoms with Gasteiger partial charge in [0.1, 0.15) is 5.82 Å². The van der Waals surface area contributed by atoms with Crippen molar-refractivity contribution in [1.82, 2.24) is 14.9 Å². The zero-order chi connectivity index (χ0) is 13.8. The number of hydrogen-bond acceptors (Lipinski definition) is 3. The molecule has 5 heteroatoms. The summed E-state index contributed by atoms with van der Waals surface area (Å²) in [5.74, 6) is 1.83. The predicted octanol–water partition coefficient (Wildman–Crippen LogP) is 1.49. The number of aromatic nitrogens is 2. The summed E-state index contributed by atoms with van der Waals surface area (Å²) >= 11 is 0. The third-order valence-corrected chi connectivity index (χ3v) is 4.25. The molecule has 2 atom stereocenters. The fourth-order valence-electron chi connectivity index (χ4n) is 2.58. The smallest absolute Gasteiger partial charge is 0.239 e. The van der Waals surface area contributed by atoms with E-state index >= 15 is 0 Å². The molecule has 0 aromatic carbocycles. The van der Waals surface area contributed by atoms with E-state index in [0.717, 1.165) is 38.2 Å². The average Bonchev–Trinajstić information content (AvgIpc) is 2.99. The fourth-order valence-corrected chi connectivity index (χ4v) is 2.58. The summed E-state index contributed by atoms with van der Waals surface area (Å²) in [5, 5.41) is 0. The number of nitrogens with two attached hydrogens (primary N) is 1. The average molecular weight is 264 g/mol. The van der Waals surface area contributed by atoms with Gasteiger partial charge in [-0.25, -0.2) is 4.98 Å². The van der Waals surface area contributed by atoms with Crippen molar-refractivity contribution in [1.29, 1.82) is 0 Å². The van der Waals surface area contributed by atoms with Crippen LogP contribution in [0.15, 0.2) is 12.4 Å². The number of imidazole rings is 1. The first-order valence-corrected chi connectivity index (χ1v) is 7.17. The molecule has 0 spiro atoms. The van der Waals surface area contributed by atoms with Crippen LogP contribution in [0.1, 0.15) is 44.9 Å². The lowest BCUT2D eigenvalue weighted by molar-refractivity contribution is -0.134. The van der Waals surface area contributed by atoms with E-state index in [0.29, 0.717) is 5.92 Å². The first kappa shape index (κ1) is 14.1. The second-order valence-electron chi connectivity index (χ2n) is 5.49. The molecule has 1 aliphatic rings. The van der Waals surface area contributed by atoms with E-state index in [-0.39, 0.29) is 17.9 Å². The van der Waals surface area contributed by atoms with Gasteiger partial charge >= 0.3 is 0 Å². The number of likely N-dealkylation sites (tertiary alicyclic amines) is 1. The number of hydrogen-bond donors (Lipinski definition) is 2. The molecule has 1 fully saturated rings. The van der Waals surface area contributed by atoms with Crippen LogP contribution in [0.3, 0.4) is 0 Å². The van der Waals surface area contributed by atoms with Gasteiger partial charge in [-0.3, -0.25) is 4.79 Å². The van der Waals surface area contributed by atoms with Crippen LogP contribution in [-0.2, 0) is 4.79 Å². The minimum absolute atomic E-state index is 0.104. The van der Waals surface area contributed by atoms with Crippen LogP contribution >= 0.6 is 0 Å². The highest BCUT2D eigenvalue weighted by Gasteiger charge is 2.29. The summed E-state index contributed by atoms with van der Waals surface area (Å²) in [7, 11) is 0. The molecule has 0 saturated carbocycles. The van der Waals surface area contributed by atoms with Crippen molar-refractivity contribution in [3.8, 4) is 0 Å². The molecule has 106 valence electrons. The van der Waals surface area contributed by atoms with E-state index in [1.807, 2.05) is 18.0 Å². The Kier molecular flexibility index (Phi) is 4.58. The number of amides is 1. The number of nitrogens with one attached hydrogen (secondary N) is 1. The number of rotatable bonds is 4. The van der Waals surface area contributed by atoms with E-state index in [2.05, 4.69) is 16.9 Å². The van der Waals surface area contributed by atoms with E-state index in [1.54, 1.807) is 6.20 Å². The van der Waals surface area contributed by atoms with Gasteiger partial charge in [-0.05, 0) is 18.8 Å². The Labute approximate surface area is 114 Å². The SMILES string of the molecule is CCC(C)[C@H](N)C(=O)N1CCC(c2ncc[nH]2)CC1. The van der Waals surface area contributed by atoms with Crippen LogP contribution < -0.4 is 5.73 Å². The molecular weight excluding hydrogens is 240 g/mol. The van der Waals surface area contributed by atoms with Gasteiger partial charge in [0.2, 0.25) is 5.91 Å². The molecule has 0 bridgehead atoms. The molecule has 1 aliphatic heterocycles. The molecule has 1 aromatic heterocycles. The number of aromatic amines is 1. The van der Waals surface area contributed by atoms with Gasteiger partial charge in [0.15, 0.2) is 0 Å². The summed E-state index contributed by atoms with van der Waals surface area (Å²) in [4.78, 5) is 21.6. The van der Waals surface area contributed by atoms with Crippen LogP contribution in [0.25, 0.3) is 0 Å². The zero-order valence-corrected chi connectivity index (χ0v) is 11.8. The molecule has 5 nitrogen and oxygen atoms in total. The highest BCUT2D eigenvalue weighted by molar-refractivity contribution is 5.82. The quantitative estimate of drug-likeness (QED) is 0.865. The monoisotopic (exact) mass is 264 g/mol. The van der Waals surface area contributed by atoms with Crippen molar-refractivity contribution < 1.29 is 4.79 Å². The first-order chi connectivity index (χ1) is 9.13.